The van der Waals surface area contributed by atoms with Gasteiger partial charge in [0.2, 0.25) is 0 Å². The second-order valence-electron chi connectivity index (χ2n) is 20.1. The summed E-state index contributed by atoms with van der Waals surface area (Å²) in [5.41, 5.74) is -0.730. The summed E-state index contributed by atoms with van der Waals surface area (Å²) in [6.45, 7) is 36.4. The van der Waals surface area contributed by atoms with Crippen LogP contribution in [0, 0.1) is 32.5 Å². The van der Waals surface area contributed by atoms with E-state index in [-0.39, 0.29) is 37.2 Å². The molecule has 12 heteroatoms. The molecule has 3 unspecified atom stereocenters. The molecule has 0 bridgehead atoms. The van der Waals surface area contributed by atoms with E-state index < -0.39 is 44.3 Å². The van der Waals surface area contributed by atoms with Gasteiger partial charge in [-0.1, -0.05) is 131 Å². The standard InChI is InChI=1S/C42H70N2O7S.C9H8O2/c1-30(33-20-17-16-19-32(33)27-45)44(23-21-43-15)22-18-24-50-35(47)41(13,38(6,7)8)29-39(9,10)40(11,12)42(14,28-37(3,4)5)36(48)51-26-25-49-34(46)31(2)52;1-2-7-5-3-4-6-8(7)9(10)11/h16-17,19-20,27,31,43,52H,1,18,21-26,28-29H2,2-15H3;2-6H,1H2,(H,10,11). The number of hydrogen-bond acceptors (Lipinski definition) is 11. The van der Waals surface area contributed by atoms with E-state index in [0.717, 1.165) is 24.1 Å². The van der Waals surface area contributed by atoms with Crippen LogP contribution < -0.4 is 5.32 Å². The average Bonchev–Trinajstić information content (AvgIpc) is 3.20. The maximum Gasteiger partial charge on any atom is 0.336 e. The highest BCUT2D eigenvalue weighted by Crippen LogP contribution is 2.61. The molecule has 11 nitrogen and oxygen atoms in total. The van der Waals surface area contributed by atoms with Crippen molar-refractivity contribution in [1.82, 2.24) is 10.2 Å². The number of carboxylic acid groups (broad SMARTS) is 1. The van der Waals surface area contributed by atoms with Crippen molar-refractivity contribution < 1.29 is 43.3 Å². The number of nitrogens with one attached hydrogen (secondary N) is 1. The SMILES string of the molecule is C=C(c1ccccc1C=O)N(CCCOC(=O)C(C)(CC(C)(C)C(C)(C)C(C)(CC(C)(C)C)C(=O)OCCOC(=O)C(C)S)C(C)(C)C)CCNC.C=Cc1ccccc1C(=O)O. The molecule has 2 N–H and O–H groups in total. The first kappa shape index (κ1) is 56.6. The Morgan fingerprint density at radius 1 is 0.762 bits per heavy atom. The number of aldehydes is 1. The van der Waals surface area contributed by atoms with E-state index in [4.69, 9.17) is 19.3 Å². The van der Waals surface area contributed by atoms with E-state index in [1.54, 1.807) is 37.3 Å². The Hall–Kier alpha value is -4.42. The van der Waals surface area contributed by atoms with E-state index in [1.165, 1.54) is 6.08 Å². The number of esters is 3. The number of thiol groups is 1. The molecule has 0 aliphatic carbocycles. The molecule has 2 aromatic rings. The van der Waals surface area contributed by atoms with Gasteiger partial charge >= 0.3 is 23.9 Å². The smallest absolute Gasteiger partial charge is 0.336 e. The summed E-state index contributed by atoms with van der Waals surface area (Å²) in [5.74, 6) is -2.03. The zero-order valence-electron chi connectivity index (χ0n) is 40.7. The van der Waals surface area contributed by atoms with Crippen LogP contribution in [0.15, 0.2) is 61.7 Å². The van der Waals surface area contributed by atoms with E-state index >= 15 is 0 Å². The van der Waals surface area contributed by atoms with Gasteiger partial charge in [-0.25, -0.2) is 4.79 Å². The summed E-state index contributed by atoms with van der Waals surface area (Å²) in [6.07, 6.45) is 3.93. The third kappa shape index (κ3) is 15.7. The lowest BCUT2D eigenvalue weighted by Crippen LogP contribution is -2.56. The lowest BCUT2D eigenvalue weighted by molar-refractivity contribution is -0.183. The third-order valence-corrected chi connectivity index (χ3v) is 13.0. The van der Waals surface area contributed by atoms with Gasteiger partial charge in [0.1, 0.15) is 13.2 Å². The van der Waals surface area contributed by atoms with Crippen LogP contribution in [0.4, 0.5) is 0 Å². The van der Waals surface area contributed by atoms with Crippen molar-refractivity contribution in [2.75, 3.05) is 46.5 Å². The maximum absolute atomic E-state index is 14.2. The minimum atomic E-state index is -0.958. The Morgan fingerprint density at radius 2 is 1.27 bits per heavy atom. The molecule has 2 aromatic carbocycles. The number of likely N-dealkylation sites (N-methyl/N-ethyl adjacent to an activating group) is 1. The van der Waals surface area contributed by atoms with Crippen molar-refractivity contribution in [3.05, 3.63) is 83.9 Å². The molecule has 0 saturated heterocycles. The van der Waals surface area contributed by atoms with Gasteiger partial charge in [0.25, 0.3) is 0 Å². The van der Waals surface area contributed by atoms with Gasteiger partial charge in [0.15, 0.2) is 6.29 Å². The Labute approximate surface area is 384 Å². The van der Waals surface area contributed by atoms with E-state index in [0.29, 0.717) is 49.0 Å². The fourth-order valence-electron chi connectivity index (χ4n) is 7.77. The number of benzene rings is 2. The van der Waals surface area contributed by atoms with Gasteiger partial charge in [-0.2, -0.15) is 12.6 Å². The van der Waals surface area contributed by atoms with Crippen LogP contribution in [0.2, 0.25) is 0 Å². The zero-order valence-corrected chi connectivity index (χ0v) is 41.6. The molecule has 3 atom stereocenters. The molecule has 0 fully saturated rings. The predicted molar refractivity (Wildman–Crippen MR) is 258 cm³/mol. The van der Waals surface area contributed by atoms with Crippen LogP contribution in [-0.2, 0) is 28.6 Å². The first-order chi connectivity index (χ1) is 29.0. The molecule has 0 aromatic heterocycles. The van der Waals surface area contributed by atoms with Gasteiger partial charge in [0.05, 0.1) is 28.3 Å². The molecule has 63 heavy (non-hydrogen) atoms. The second kappa shape index (κ2) is 24.0. The van der Waals surface area contributed by atoms with Crippen LogP contribution in [0.3, 0.4) is 0 Å². The average molecular weight is 895 g/mol. The highest BCUT2D eigenvalue weighted by molar-refractivity contribution is 7.81. The summed E-state index contributed by atoms with van der Waals surface area (Å²) in [4.78, 5) is 64.5. The van der Waals surface area contributed by atoms with Gasteiger partial charge in [0, 0.05) is 36.5 Å². The number of carbonyl (C=O) groups is 5. The summed E-state index contributed by atoms with van der Waals surface area (Å²) >= 11 is 4.10. The van der Waals surface area contributed by atoms with E-state index in [2.05, 4.69) is 105 Å². The summed E-state index contributed by atoms with van der Waals surface area (Å²) in [6, 6.07) is 14.1. The number of hydrogen-bond donors (Lipinski definition) is 3. The predicted octanol–water partition coefficient (Wildman–Crippen LogP) is 10.3. The van der Waals surface area contributed by atoms with Crippen LogP contribution >= 0.6 is 12.6 Å². The first-order valence-electron chi connectivity index (χ1n) is 21.7. The monoisotopic (exact) mass is 895 g/mol. The molecule has 0 amide bonds. The van der Waals surface area contributed by atoms with E-state index in [1.807, 2.05) is 39.1 Å². The molecule has 352 valence electrons. The molecular formula is C51H78N2O9S. The van der Waals surface area contributed by atoms with Gasteiger partial charge < -0.3 is 29.5 Å². The Balaban J connectivity index is 0.00000156. The molecule has 0 spiro atoms. The Kier molecular flexibility index (Phi) is 21.6. The van der Waals surface area contributed by atoms with Crippen molar-refractivity contribution in [3.8, 4) is 0 Å². The number of rotatable bonds is 23. The molecule has 0 radical (unpaired) electrons. The lowest BCUT2D eigenvalue weighted by atomic mass is 9.47. The maximum atomic E-state index is 14.2. The van der Waals surface area contributed by atoms with Crippen molar-refractivity contribution in [3.63, 3.8) is 0 Å². The molecule has 2 rings (SSSR count). The number of ether oxygens (including phenoxy) is 3. The first-order valence-corrected chi connectivity index (χ1v) is 22.3. The minimum Gasteiger partial charge on any atom is -0.478 e. The topological polar surface area (TPSA) is 149 Å². The van der Waals surface area contributed by atoms with Gasteiger partial charge in [-0.15, -0.1) is 0 Å². The minimum absolute atomic E-state index is 0.0494. The molecular weight excluding hydrogens is 817 g/mol. The third-order valence-electron chi connectivity index (χ3n) is 12.8. The van der Waals surface area contributed by atoms with Crippen molar-refractivity contribution in [2.45, 2.75) is 115 Å². The number of aromatic carboxylic acids is 1. The highest BCUT2D eigenvalue weighted by Gasteiger charge is 2.60. The quantitative estimate of drug-likeness (QED) is 0.0322. The molecule has 0 saturated carbocycles. The summed E-state index contributed by atoms with van der Waals surface area (Å²) in [5, 5.41) is 11.3. The van der Waals surface area contributed by atoms with Crippen molar-refractivity contribution in [2.24, 2.45) is 32.5 Å². The number of nitrogens with zero attached hydrogens (tertiary/aromatic N) is 1. The largest absolute Gasteiger partial charge is 0.478 e. The number of carbonyl (C=O) groups excluding carboxylic acids is 4. The van der Waals surface area contributed by atoms with Gasteiger partial charge in [-0.3, -0.25) is 19.2 Å². The van der Waals surface area contributed by atoms with Crippen molar-refractivity contribution in [1.29, 1.82) is 0 Å². The fourth-order valence-corrected chi connectivity index (χ4v) is 7.85. The molecule has 0 aliphatic rings. The Morgan fingerprint density at radius 3 is 1.75 bits per heavy atom. The normalized spacial score (nSPS) is 14.3. The Bertz CT molecular complexity index is 1870. The van der Waals surface area contributed by atoms with Gasteiger partial charge in [-0.05, 0) is 80.4 Å². The second-order valence-corrected chi connectivity index (χ2v) is 20.9. The fraction of sp³-hybridized carbons (Fsp3) is 0.588. The summed E-state index contributed by atoms with van der Waals surface area (Å²) < 4.78 is 17.1. The van der Waals surface area contributed by atoms with Crippen LogP contribution in [-0.4, -0.2) is 91.9 Å². The lowest BCUT2D eigenvalue weighted by Gasteiger charge is -2.56. The number of carboxylic acids is 1. The zero-order chi connectivity index (χ0) is 48.6. The highest BCUT2D eigenvalue weighted by atomic mass is 32.1. The van der Waals surface area contributed by atoms with E-state index in [9.17, 15) is 24.0 Å². The van der Waals surface area contributed by atoms with Crippen LogP contribution in [0.25, 0.3) is 11.8 Å². The van der Waals surface area contributed by atoms with Crippen LogP contribution in [0.5, 0.6) is 0 Å². The van der Waals surface area contributed by atoms with Crippen LogP contribution in [0.1, 0.15) is 141 Å². The summed E-state index contributed by atoms with van der Waals surface area (Å²) in [7, 11) is 1.89. The molecule has 0 heterocycles. The molecule has 0 aliphatic heterocycles. The van der Waals surface area contributed by atoms with Crippen molar-refractivity contribution >= 4 is 54.6 Å².